The molecule has 0 radical (unpaired) electrons. The van der Waals surface area contributed by atoms with Gasteiger partial charge in [0.2, 0.25) is 17.7 Å². The Morgan fingerprint density at radius 3 is 2.20 bits per heavy atom. The molecule has 1 saturated heterocycles. The van der Waals surface area contributed by atoms with E-state index in [1.54, 1.807) is 0 Å². The lowest BCUT2D eigenvalue weighted by atomic mass is 9.85. The average molecular weight is 531 g/mol. The lowest BCUT2D eigenvalue weighted by Gasteiger charge is -2.19. The van der Waals surface area contributed by atoms with Gasteiger partial charge in [0.1, 0.15) is 0 Å². The van der Waals surface area contributed by atoms with Crippen molar-refractivity contribution in [2.45, 2.75) is 34.1 Å². The van der Waals surface area contributed by atoms with Crippen LogP contribution in [-0.2, 0) is 14.4 Å². The number of amides is 3. The molecule has 0 aromatic rings. The number of nitrogens with zero attached hydrogens (tertiary/aromatic N) is 2. The Balaban J connectivity index is 0.00000320. The van der Waals surface area contributed by atoms with Gasteiger partial charge in [-0.2, -0.15) is 0 Å². The van der Waals surface area contributed by atoms with Gasteiger partial charge >= 0.3 is 0 Å². The van der Waals surface area contributed by atoms with Gasteiger partial charge in [0.05, 0.1) is 18.4 Å². The van der Waals surface area contributed by atoms with Crippen molar-refractivity contribution in [3.63, 3.8) is 0 Å². The average Bonchev–Trinajstić information content (AvgIpc) is 3.33. The molecule has 3 aliphatic rings. The smallest absolute Gasteiger partial charge is 0.233 e. The molecule has 8 nitrogen and oxygen atoms in total. The highest BCUT2D eigenvalue weighted by Crippen LogP contribution is 2.52. The summed E-state index contributed by atoms with van der Waals surface area (Å²) >= 11 is 0. The Morgan fingerprint density at radius 1 is 1.07 bits per heavy atom. The minimum Gasteiger partial charge on any atom is -0.357 e. The molecule has 0 aromatic carbocycles. The predicted octanol–water partition coefficient (Wildman–Crippen LogP) is 1.13. The van der Waals surface area contributed by atoms with E-state index in [1.165, 1.54) is 4.90 Å². The highest BCUT2D eigenvalue weighted by atomic mass is 127. The summed E-state index contributed by atoms with van der Waals surface area (Å²) in [7, 11) is 0. The molecule has 2 bridgehead atoms. The monoisotopic (exact) mass is 531 g/mol. The van der Waals surface area contributed by atoms with E-state index in [1.807, 2.05) is 27.7 Å². The number of allylic oxidation sites excluding steroid dienone is 2. The van der Waals surface area contributed by atoms with E-state index in [-0.39, 0.29) is 65.4 Å². The molecule has 30 heavy (non-hydrogen) atoms. The van der Waals surface area contributed by atoms with E-state index in [2.05, 4.69) is 33.1 Å². The number of guanidine groups is 1. The molecule has 3 N–H and O–H groups in total. The van der Waals surface area contributed by atoms with Crippen LogP contribution in [0.1, 0.15) is 34.1 Å². The van der Waals surface area contributed by atoms with Gasteiger partial charge in [0.25, 0.3) is 0 Å². The predicted molar refractivity (Wildman–Crippen MR) is 126 cm³/mol. The quantitative estimate of drug-likeness (QED) is 0.114. The zero-order chi connectivity index (χ0) is 21.2. The minimum absolute atomic E-state index is 0. The van der Waals surface area contributed by atoms with Crippen LogP contribution < -0.4 is 16.0 Å². The van der Waals surface area contributed by atoms with Gasteiger partial charge in [-0.3, -0.25) is 24.3 Å². The summed E-state index contributed by atoms with van der Waals surface area (Å²) in [5.74, 6) is 0.736. The third-order valence-electron chi connectivity index (χ3n) is 5.88. The van der Waals surface area contributed by atoms with Gasteiger partial charge in [-0.15, -0.1) is 24.0 Å². The third-order valence-corrected chi connectivity index (χ3v) is 5.88. The van der Waals surface area contributed by atoms with E-state index >= 15 is 0 Å². The summed E-state index contributed by atoms with van der Waals surface area (Å²) in [6.45, 7) is 9.95. The number of hydrogen-bond donors (Lipinski definition) is 3. The Bertz CT molecular complexity index is 701. The van der Waals surface area contributed by atoms with E-state index in [9.17, 15) is 14.4 Å². The number of carbonyl (C=O) groups is 3. The van der Waals surface area contributed by atoms with Crippen LogP contribution in [0.15, 0.2) is 17.1 Å². The van der Waals surface area contributed by atoms with Crippen molar-refractivity contribution in [2.75, 3.05) is 32.7 Å². The van der Waals surface area contributed by atoms with Crippen molar-refractivity contribution in [3.05, 3.63) is 12.2 Å². The lowest BCUT2D eigenvalue weighted by molar-refractivity contribution is -0.140. The molecule has 0 spiro atoms. The first-order valence-electron chi connectivity index (χ1n) is 10.6. The number of nitrogens with one attached hydrogen (secondary N) is 3. The highest BCUT2D eigenvalue weighted by Gasteiger charge is 2.58. The summed E-state index contributed by atoms with van der Waals surface area (Å²) in [5.41, 5.74) is -0.422. The molecule has 4 atom stereocenters. The second-order valence-corrected chi connectivity index (χ2v) is 9.02. The number of aliphatic imine (C=N–C) groups is 1. The van der Waals surface area contributed by atoms with Crippen LogP contribution >= 0.6 is 24.0 Å². The Labute approximate surface area is 195 Å². The Hall–Kier alpha value is -1.65. The number of rotatable bonds is 7. The summed E-state index contributed by atoms with van der Waals surface area (Å²) < 4.78 is 0. The van der Waals surface area contributed by atoms with Crippen LogP contribution in [0.25, 0.3) is 0 Å². The molecule has 4 unspecified atom stereocenters. The number of fused-ring (bicyclic) bond motifs is 5. The van der Waals surface area contributed by atoms with Crippen LogP contribution in [0, 0.1) is 29.1 Å². The topological polar surface area (TPSA) is 103 Å². The molecule has 0 aromatic heterocycles. The Morgan fingerprint density at radius 2 is 1.67 bits per heavy atom. The van der Waals surface area contributed by atoms with E-state index in [0.29, 0.717) is 38.7 Å². The van der Waals surface area contributed by atoms with Gasteiger partial charge < -0.3 is 16.0 Å². The number of halogens is 1. The summed E-state index contributed by atoms with van der Waals surface area (Å²) in [6, 6.07) is 0. The van der Waals surface area contributed by atoms with Gasteiger partial charge in [-0.1, -0.05) is 32.9 Å². The van der Waals surface area contributed by atoms with Gasteiger partial charge in [0.15, 0.2) is 5.96 Å². The van der Waals surface area contributed by atoms with Crippen molar-refractivity contribution in [1.82, 2.24) is 20.9 Å². The van der Waals surface area contributed by atoms with E-state index in [0.717, 1.165) is 6.42 Å². The van der Waals surface area contributed by atoms with Crippen molar-refractivity contribution in [3.8, 4) is 0 Å². The zero-order valence-corrected chi connectivity index (χ0v) is 20.6. The first kappa shape index (κ1) is 24.6. The van der Waals surface area contributed by atoms with Crippen LogP contribution in [0.5, 0.6) is 0 Å². The summed E-state index contributed by atoms with van der Waals surface area (Å²) in [4.78, 5) is 43.1. The second-order valence-electron chi connectivity index (χ2n) is 9.02. The fourth-order valence-electron chi connectivity index (χ4n) is 4.41. The molecule has 2 aliphatic carbocycles. The first-order chi connectivity index (χ1) is 13.7. The molecule has 2 fully saturated rings. The number of carbonyl (C=O) groups excluding carboxylic acids is 3. The largest absolute Gasteiger partial charge is 0.357 e. The summed E-state index contributed by atoms with van der Waals surface area (Å²) in [5, 5.41) is 9.18. The Kier molecular flexibility index (Phi) is 8.29. The van der Waals surface area contributed by atoms with Crippen LogP contribution in [0.2, 0.25) is 0 Å². The molecule has 9 heteroatoms. The fraction of sp³-hybridized carbons (Fsp3) is 0.714. The standard InChI is InChI=1S/C21H33N5O3.HI/c1-5-22-20(24-9-8-23-19(29)21(2,3)4)25-10-11-26-17(27)15-13-6-7-14(12-13)16(15)18(26)28;/h6-7,13-16H,5,8-12H2,1-4H3,(H,23,29)(H2,22,24,25);1H. The molecule has 1 heterocycles. The van der Waals surface area contributed by atoms with Crippen molar-refractivity contribution >= 4 is 47.7 Å². The lowest BCUT2D eigenvalue weighted by Crippen LogP contribution is -2.44. The van der Waals surface area contributed by atoms with Crippen molar-refractivity contribution in [2.24, 2.45) is 34.1 Å². The van der Waals surface area contributed by atoms with E-state index < -0.39 is 5.41 Å². The van der Waals surface area contributed by atoms with Crippen LogP contribution in [0.3, 0.4) is 0 Å². The van der Waals surface area contributed by atoms with Crippen molar-refractivity contribution in [1.29, 1.82) is 0 Å². The number of hydrogen-bond acceptors (Lipinski definition) is 4. The number of likely N-dealkylation sites (tertiary alicyclic amines) is 1. The first-order valence-corrected chi connectivity index (χ1v) is 10.6. The number of imide groups is 1. The summed E-state index contributed by atoms with van der Waals surface area (Å²) in [6.07, 6.45) is 5.15. The molecular weight excluding hydrogens is 497 g/mol. The van der Waals surface area contributed by atoms with E-state index in [4.69, 9.17) is 0 Å². The fourth-order valence-corrected chi connectivity index (χ4v) is 4.41. The SMILES string of the molecule is CCNC(=NCCNC(=O)C(C)(C)C)NCCN1C(=O)C2C3C=CC(C3)C2C1=O.I. The van der Waals surface area contributed by atoms with Gasteiger partial charge in [0, 0.05) is 31.6 Å². The third kappa shape index (κ3) is 5.15. The molecular formula is C21H34IN5O3. The maximum atomic E-state index is 12.7. The molecule has 3 rings (SSSR count). The normalized spacial score (nSPS) is 27.2. The van der Waals surface area contributed by atoms with Crippen LogP contribution in [-0.4, -0.2) is 61.3 Å². The maximum absolute atomic E-state index is 12.7. The molecule has 1 saturated carbocycles. The van der Waals surface area contributed by atoms with Gasteiger partial charge in [-0.25, -0.2) is 0 Å². The van der Waals surface area contributed by atoms with Crippen molar-refractivity contribution < 1.29 is 14.4 Å². The van der Waals surface area contributed by atoms with Crippen LogP contribution in [0.4, 0.5) is 0 Å². The molecule has 1 aliphatic heterocycles. The molecule has 3 amide bonds. The molecule has 168 valence electrons. The zero-order valence-electron chi connectivity index (χ0n) is 18.2. The highest BCUT2D eigenvalue weighted by molar-refractivity contribution is 14.0. The second kappa shape index (κ2) is 10.1. The maximum Gasteiger partial charge on any atom is 0.233 e. The van der Waals surface area contributed by atoms with Gasteiger partial charge in [-0.05, 0) is 25.2 Å². The minimum atomic E-state index is -0.422.